The van der Waals surface area contributed by atoms with Gasteiger partial charge in [-0.25, -0.2) is 9.29 Å². The number of hydrogen-bond acceptors (Lipinski definition) is 5. The van der Waals surface area contributed by atoms with Crippen LogP contribution in [0.2, 0.25) is 5.02 Å². The molecule has 4 amide bonds. The van der Waals surface area contributed by atoms with Crippen LogP contribution in [0.1, 0.15) is 29.9 Å². The van der Waals surface area contributed by atoms with Gasteiger partial charge in [0.05, 0.1) is 23.2 Å². The summed E-state index contributed by atoms with van der Waals surface area (Å²) in [5, 5.41) is 10.2. The van der Waals surface area contributed by atoms with E-state index in [9.17, 15) is 28.7 Å². The minimum Gasteiger partial charge on any atom is -0.508 e. The zero-order chi connectivity index (χ0) is 32.0. The van der Waals surface area contributed by atoms with Crippen LogP contribution < -0.4 is 9.80 Å². The van der Waals surface area contributed by atoms with Crippen molar-refractivity contribution in [3.63, 3.8) is 0 Å². The molecule has 1 saturated carbocycles. The normalized spacial score (nSPS) is 30.6. The minimum absolute atomic E-state index is 0.0703. The summed E-state index contributed by atoms with van der Waals surface area (Å²) in [6.07, 6.45) is 3.41. The fraction of sp³-hybridized carbons (Fsp3) is 0.235. The Morgan fingerprint density at radius 3 is 2.16 bits per heavy atom. The van der Waals surface area contributed by atoms with Gasteiger partial charge in [-0.2, -0.15) is 0 Å². The number of fused-ring (bicyclic) bond motifs is 4. The zero-order valence-corrected chi connectivity index (χ0v) is 25.7. The van der Waals surface area contributed by atoms with Crippen LogP contribution in [0.3, 0.4) is 0 Å². The van der Waals surface area contributed by atoms with E-state index in [0.29, 0.717) is 16.8 Å². The maximum Gasteiger partial charge on any atom is 0.258 e. The monoisotopic (exact) mass is 664 g/mol. The molecule has 6 atom stereocenters. The minimum atomic E-state index is -2.12. The van der Waals surface area contributed by atoms with E-state index < -0.39 is 57.0 Å². The standard InChI is InChI=1S/C34H24Cl3FN2O5/c1-2-17-3-7-19(8-4-17)39-29(42)24-14-13-22-25(27(24)30(39)43)16-33(36)31(44)40(20-9-5-18(38)6-10-20)32(45)34(33,37)28(22)23-12-11-21(41)15-26(23)35/h2-13,15,24-25,27-28,41H,1,14,16H2. The highest BCUT2D eigenvalue weighted by molar-refractivity contribution is 6.58. The largest absolute Gasteiger partial charge is 0.508 e. The van der Waals surface area contributed by atoms with Crippen molar-refractivity contribution in [3.8, 4) is 5.75 Å². The van der Waals surface area contributed by atoms with Crippen molar-refractivity contribution in [2.24, 2.45) is 17.8 Å². The first-order valence-electron chi connectivity index (χ1n) is 14.2. The second-order valence-electron chi connectivity index (χ2n) is 11.8. The Hall–Kier alpha value is -3.98. The highest BCUT2D eigenvalue weighted by Gasteiger charge is 2.76. The van der Waals surface area contributed by atoms with Crippen LogP contribution in [0.15, 0.2) is 85.0 Å². The molecule has 7 rings (SSSR count). The number of amides is 4. The molecule has 0 aromatic heterocycles. The van der Waals surface area contributed by atoms with Crippen molar-refractivity contribution in [2.75, 3.05) is 9.80 Å². The number of phenols is 1. The first-order valence-corrected chi connectivity index (χ1v) is 15.4. The molecular weight excluding hydrogens is 642 g/mol. The fourth-order valence-corrected chi connectivity index (χ4v) is 8.72. The summed E-state index contributed by atoms with van der Waals surface area (Å²) < 4.78 is 13.8. The van der Waals surface area contributed by atoms with Gasteiger partial charge in [0.25, 0.3) is 11.8 Å². The third-order valence-corrected chi connectivity index (χ3v) is 11.3. The second kappa shape index (κ2) is 10.3. The highest BCUT2D eigenvalue weighted by atomic mass is 35.5. The molecule has 45 heavy (non-hydrogen) atoms. The lowest BCUT2D eigenvalue weighted by Gasteiger charge is -2.50. The molecule has 3 aromatic rings. The number of rotatable bonds is 4. The lowest BCUT2D eigenvalue weighted by atomic mass is 9.56. The molecule has 2 saturated heterocycles. The van der Waals surface area contributed by atoms with Gasteiger partial charge in [0.2, 0.25) is 11.8 Å². The predicted molar refractivity (Wildman–Crippen MR) is 169 cm³/mol. The molecule has 0 spiro atoms. The predicted octanol–water partition coefficient (Wildman–Crippen LogP) is 6.60. The molecule has 3 aromatic carbocycles. The van der Waals surface area contributed by atoms with E-state index in [1.165, 1.54) is 30.3 Å². The van der Waals surface area contributed by atoms with Crippen molar-refractivity contribution < 1.29 is 28.7 Å². The number of alkyl halides is 2. The Balaban J connectivity index is 1.39. The van der Waals surface area contributed by atoms with Gasteiger partial charge in [0.15, 0.2) is 9.75 Å². The Bertz CT molecular complexity index is 1860. The van der Waals surface area contributed by atoms with Gasteiger partial charge in [0.1, 0.15) is 11.6 Å². The van der Waals surface area contributed by atoms with Gasteiger partial charge in [-0.3, -0.25) is 24.1 Å². The average Bonchev–Trinajstić information content (AvgIpc) is 3.36. The van der Waals surface area contributed by atoms with E-state index in [1.54, 1.807) is 36.4 Å². The summed E-state index contributed by atoms with van der Waals surface area (Å²) in [4.78, 5) is 54.4. The Morgan fingerprint density at radius 1 is 0.867 bits per heavy atom. The number of allylic oxidation sites excluding steroid dienone is 2. The summed E-state index contributed by atoms with van der Waals surface area (Å²) in [7, 11) is 0. The van der Waals surface area contributed by atoms with Crippen LogP contribution in [-0.4, -0.2) is 38.5 Å². The molecule has 4 aliphatic rings. The van der Waals surface area contributed by atoms with Crippen molar-refractivity contribution in [3.05, 3.63) is 107 Å². The molecule has 3 fully saturated rings. The first-order chi connectivity index (χ1) is 21.4. The van der Waals surface area contributed by atoms with Crippen LogP contribution in [0.5, 0.6) is 5.75 Å². The average molecular weight is 666 g/mol. The summed E-state index contributed by atoms with van der Waals surface area (Å²) in [6.45, 7) is 3.74. The van der Waals surface area contributed by atoms with Crippen LogP contribution in [-0.2, 0) is 19.2 Å². The molecule has 2 aliphatic carbocycles. The van der Waals surface area contributed by atoms with E-state index in [0.717, 1.165) is 27.5 Å². The molecule has 11 heteroatoms. The van der Waals surface area contributed by atoms with Gasteiger partial charge >= 0.3 is 0 Å². The molecule has 228 valence electrons. The van der Waals surface area contributed by atoms with E-state index in [1.807, 2.05) is 0 Å². The number of carbonyl (C=O) groups excluding carboxylic acids is 4. The Labute approximate surface area is 272 Å². The number of aromatic hydroxyl groups is 1. The number of carbonyl (C=O) groups is 4. The molecule has 6 unspecified atom stereocenters. The lowest BCUT2D eigenvalue weighted by Crippen LogP contribution is -2.60. The summed E-state index contributed by atoms with van der Waals surface area (Å²) >= 11 is 21.3. The summed E-state index contributed by atoms with van der Waals surface area (Å²) in [5.74, 6) is -6.69. The molecule has 2 aliphatic heterocycles. The number of hydrogen-bond donors (Lipinski definition) is 1. The number of imide groups is 2. The smallest absolute Gasteiger partial charge is 0.258 e. The molecule has 1 N–H and O–H groups in total. The topological polar surface area (TPSA) is 95.0 Å². The number of nitrogens with zero attached hydrogens (tertiary/aromatic N) is 2. The van der Waals surface area contributed by atoms with Gasteiger partial charge in [-0.05, 0) is 78.4 Å². The molecule has 2 heterocycles. The van der Waals surface area contributed by atoms with E-state index >= 15 is 0 Å². The van der Waals surface area contributed by atoms with Crippen LogP contribution in [0.4, 0.5) is 15.8 Å². The van der Waals surface area contributed by atoms with Gasteiger partial charge in [-0.15, -0.1) is 23.2 Å². The molecular formula is C34H24Cl3FN2O5. The fourth-order valence-electron chi connectivity index (χ4n) is 7.51. The summed E-state index contributed by atoms with van der Waals surface area (Å²) in [6, 6.07) is 15.8. The molecule has 7 nitrogen and oxygen atoms in total. The van der Waals surface area contributed by atoms with E-state index in [4.69, 9.17) is 34.8 Å². The second-order valence-corrected chi connectivity index (χ2v) is 13.4. The van der Waals surface area contributed by atoms with Crippen LogP contribution >= 0.6 is 34.8 Å². The maximum atomic E-state index is 14.4. The van der Waals surface area contributed by atoms with Gasteiger partial charge in [-0.1, -0.05) is 54.1 Å². The van der Waals surface area contributed by atoms with Gasteiger partial charge < -0.3 is 5.11 Å². The van der Waals surface area contributed by atoms with Crippen molar-refractivity contribution >= 4 is 75.9 Å². The van der Waals surface area contributed by atoms with Gasteiger partial charge in [0, 0.05) is 10.9 Å². The number of halogens is 4. The Kier molecular flexibility index (Phi) is 6.78. The van der Waals surface area contributed by atoms with Crippen molar-refractivity contribution in [1.29, 1.82) is 0 Å². The quantitative estimate of drug-likeness (QED) is 0.193. The third-order valence-electron chi connectivity index (χ3n) is 9.58. The van der Waals surface area contributed by atoms with Crippen molar-refractivity contribution in [1.82, 2.24) is 0 Å². The first kappa shape index (κ1) is 29.7. The molecule has 0 radical (unpaired) electrons. The zero-order valence-electron chi connectivity index (χ0n) is 23.4. The SMILES string of the molecule is C=Cc1ccc(N2C(=O)C3CC=C4C(CC5(Cl)C(=O)N(c6ccc(F)cc6)C(=O)C5(Cl)C4c4ccc(O)cc4Cl)C3C2=O)cc1. The highest BCUT2D eigenvalue weighted by Crippen LogP contribution is 2.66. The Morgan fingerprint density at radius 2 is 1.51 bits per heavy atom. The van der Waals surface area contributed by atoms with E-state index in [-0.39, 0.29) is 35.2 Å². The summed E-state index contributed by atoms with van der Waals surface area (Å²) in [5.41, 5.74) is 2.18. The number of anilines is 2. The number of phenolic OH excluding ortho intramolecular Hbond substituents is 1. The maximum absolute atomic E-state index is 14.4. The van der Waals surface area contributed by atoms with Crippen LogP contribution in [0.25, 0.3) is 6.08 Å². The van der Waals surface area contributed by atoms with E-state index in [2.05, 4.69) is 6.58 Å². The number of benzene rings is 3. The van der Waals surface area contributed by atoms with Crippen molar-refractivity contribution in [2.45, 2.75) is 28.5 Å². The van der Waals surface area contributed by atoms with Crippen LogP contribution in [0, 0.1) is 23.6 Å². The molecule has 0 bridgehead atoms. The lowest BCUT2D eigenvalue weighted by molar-refractivity contribution is -0.125. The third kappa shape index (κ3) is 4.02.